The maximum absolute atomic E-state index is 13.1. The lowest BCUT2D eigenvalue weighted by molar-refractivity contribution is -0.121. The molecule has 0 saturated carbocycles. The first-order chi connectivity index (χ1) is 14.6. The molecule has 178 valence electrons. The highest BCUT2D eigenvalue weighted by Gasteiger charge is 2.36. The summed E-state index contributed by atoms with van der Waals surface area (Å²) < 4.78 is 34.3. The zero-order valence-corrected chi connectivity index (χ0v) is 21.1. The van der Waals surface area contributed by atoms with Gasteiger partial charge in [-0.05, 0) is 47.5 Å². The Morgan fingerprint density at radius 3 is 2.19 bits per heavy atom. The molecule has 1 aliphatic rings. The minimum atomic E-state index is -3.70. The molecule has 1 fully saturated rings. The normalized spacial score (nSPS) is 17.0. The minimum absolute atomic E-state index is 0.106. The van der Waals surface area contributed by atoms with E-state index in [1.165, 1.54) is 4.31 Å². The molecule has 0 aliphatic carbocycles. The molecule has 1 saturated heterocycles. The molecular formula is C22H35N5O4S. The number of rotatable bonds is 4. The molecule has 1 aliphatic heterocycles. The number of anilines is 1. The first-order valence-corrected chi connectivity index (χ1v) is 12.4. The molecule has 0 aromatic carbocycles. The Hall–Kier alpha value is -2.20. The molecule has 3 heterocycles. The fraction of sp³-hybridized carbons (Fsp3) is 0.682. The van der Waals surface area contributed by atoms with Crippen LogP contribution in [0.25, 0.3) is 0 Å². The summed E-state index contributed by atoms with van der Waals surface area (Å²) in [6, 6.07) is 1.93. The van der Waals surface area contributed by atoms with E-state index < -0.39 is 10.0 Å². The van der Waals surface area contributed by atoms with Gasteiger partial charge in [0.15, 0.2) is 5.76 Å². The summed E-state index contributed by atoms with van der Waals surface area (Å²) in [5.74, 6) is 0.573. The van der Waals surface area contributed by atoms with E-state index >= 15 is 0 Å². The number of nitrogens with one attached hydrogen (secondary N) is 1. The maximum Gasteiger partial charge on any atom is 0.248 e. The van der Waals surface area contributed by atoms with Gasteiger partial charge in [0, 0.05) is 30.5 Å². The molecule has 3 rings (SSSR count). The third-order valence-corrected chi connectivity index (χ3v) is 7.90. The Morgan fingerprint density at radius 1 is 1.12 bits per heavy atom. The van der Waals surface area contributed by atoms with Crippen LogP contribution in [0.1, 0.15) is 71.5 Å². The highest BCUT2D eigenvalue weighted by atomic mass is 32.2. The molecule has 2 aromatic rings. The molecule has 1 amide bonds. The number of aromatic nitrogens is 3. The van der Waals surface area contributed by atoms with Gasteiger partial charge in [0.25, 0.3) is 0 Å². The van der Waals surface area contributed by atoms with Crippen molar-refractivity contribution in [3.8, 4) is 0 Å². The van der Waals surface area contributed by atoms with Crippen LogP contribution < -0.4 is 5.32 Å². The quantitative estimate of drug-likeness (QED) is 0.739. The predicted molar refractivity (Wildman–Crippen MR) is 122 cm³/mol. The summed E-state index contributed by atoms with van der Waals surface area (Å²) in [4.78, 5) is 13.2. The van der Waals surface area contributed by atoms with Crippen molar-refractivity contribution in [3.05, 3.63) is 23.2 Å². The monoisotopic (exact) mass is 465 g/mol. The molecule has 9 nitrogen and oxygen atoms in total. The third kappa shape index (κ3) is 4.76. The van der Waals surface area contributed by atoms with Crippen LogP contribution >= 0.6 is 0 Å². The molecule has 2 aromatic heterocycles. The van der Waals surface area contributed by atoms with Crippen molar-refractivity contribution in [2.45, 2.75) is 84.1 Å². The van der Waals surface area contributed by atoms with Gasteiger partial charge in [-0.25, -0.2) is 13.1 Å². The number of hydrogen-bond acceptors (Lipinski definition) is 6. The lowest BCUT2D eigenvalue weighted by Crippen LogP contribution is -2.42. The van der Waals surface area contributed by atoms with E-state index in [4.69, 9.17) is 9.62 Å². The molecule has 1 N–H and O–H groups in total. The second-order valence-electron chi connectivity index (χ2n) is 10.6. The maximum atomic E-state index is 13.1. The van der Waals surface area contributed by atoms with Crippen LogP contribution in [0.5, 0.6) is 0 Å². The van der Waals surface area contributed by atoms with Crippen molar-refractivity contribution in [2.75, 3.05) is 18.4 Å². The van der Waals surface area contributed by atoms with E-state index in [0.29, 0.717) is 24.4 Å². The van der Waals surface area contributed by atoms with E-state index in [0.717, 1.165) is 5.69 Å². The Bertz CT molecular complexity index is 1080. The second-order valence-corrected chi connectivity index (χ2v) is 12.4. The van der Waals surface area contributed by atoms with Crippen molar-refractivity contribution >= 4 is 21.7 Å². The molecule has 0 atom stereocenters. The number of piperidine rings is 1. The smallest absolute Gasteiger partial charge is 0.248 e. The molecule has 0 radical (unpaired) electrons. The van der Waals surface area contributed by atoms with Gasteiger partial charge >= 0.3 is 0 Å². The van der Waals surface area contributed by atoms with E-state index in [9.17, 15) is 13.2 Å². The SMILES string of the molecule is Cc1noc(C)c1S(=O)(=O)N1CCC(C(=O)Nc2cc(C(C)(C)C)nn2C(C)(C)C)CC1. The Balaban J connectivity index is 1.72. The molecule has 10 heteroatoms. The van der Waals surface area contributed by atoms with Gasteiger partial charge in [-0.3, -0.25) is 4.79 Å². The average Bonchev–Trinajstić information content (AvgIpc) is 3.25. The lowest BCUT2D eigenvalue weighted by atomic mass is 9.92. The molecule has 0 unspecified atom stereocenters. The van der Waals surface area contributed by atoms with Crippen molar-refractivity contribution < 1.29 is 17.7 Å². The van der Waals surface area contributed by atoms with Gasteiger partial charge in [-0.1, -0.05) is 25.9 Å². The Labute approximate surface area is 190 Å². The number of carbonyl (C=O) groups is 1. The lowest BCUT2D eigenvalue weighted by Gasteiger charge is -2.30. The summed E-state index contributed by atoms with van der Waals surface area (Å²) in [7, 11) is -3.70. The Morgan fingerprint density at radius 2 is 1.72 bits per heavy atom. The van der Waals surface area contributed by atoms with Gasteiger partial charge < -0.3 is 9.84 Å². The summed E-state index contributed by atoms with van der Waals surface area (Å²) in [5, 5.41) is 11.5. The van der Waals surface area contributed by atoms with Crippen LogP contribution in [-0.4, -0.2) is 46.7 Å². The number of nitrogens with zero attached hydrogens (tertiary/aromatic N) is 4. The van der Waals surface area contributed by atoms with Crippen LogP contribution in [0, 0.1) is 19.8 Å². The van der Waals surface area contributed by atoms with Gasteiger partial charge in [0.05, 0.1) is 11.2 Å². The summed E-state index contributed by atoms with van der Waals surface area (Å²) in [6.07, 6.45) is 0.897. The second kappa shape index (κ2) is 8.30. The zero-order chi connectivity index (χ0) is 24.1. The van der Waals surface area contributed by atoms with Gasteiger partial charge in [-0.2, -0.15) is 9.40 Å². The van der Waals surface area contributed by atoms with Crippen molar-refractivity contribution in [1.29, 1.82) is 0 Å². The number of aryl methyl sites for hydroxylation is 2. The molecule has 0 spiro atoms. The zero-order valence-electron chi connectivity index (χ0n) is 20.3. The van der Waals surface area contributed by atoms with Crippen LogP contribution in [0.4, 0.5) is 5.82 Å². The average molecular weight is 466 g/mol. The summed E-state index contributed by atoms with van der Waals surface area (Å²) in [6.45, 7) is 16.1. The van der Waals surface area contributed by atoms with Gasteiger partial charge in [0.2, 0.25) is 15.9 Å². The highest BCUT2D eigenvalue weighted by Crippen LogP contribution is 2.31. The Kier molecular flexibility index (Phi) is 6.34. The van der Waals surface area contributed by atoms with Crippen molar-refractivity contribution in [3.63, 3.8) is 0 Å². The van der Waals surface area contributed by atoms with E-state index in [2.05, 4.69) is 31.2 Å². The fourth-order valence-electron chi connectivity index (χ4n) is 3.91. The largest absolute Gasteiger partial charge is 0.360 e. The topological polar surface area (TPSA) is 110 Å². The number of amides is 1. The summed E-state index contributed by atoms with van der Waals surface area (Å²) in [5.41, 5.74) is 0.821. The van der Waals surface area contributed by atoms with E-state index in [1.54, 1.807) is 13.8 Å². The standard InChI is InChI=1S/C22H35N5O4S/c1-14-19(15(2)31-25-14)32(29,30)26-11-9-16(10-12-26)20(28)23-18-13-17(21(3,4)5)24-27(18)22(6,7)8/h13,16H,9-12H2,1-8H3,(H,23,28). The minimum Gasteiger partial charge on any atom is -0.360 e. The van der Waals surface area contributed by atoms with E-state index in [-0.39, 0.29) is 46.5 Å². The van der Waals surface area contributed by atoms with E-state index in [1.807, 2.05) is 31.5 Å². The molecular weight excluding hydrogens is 430 g/mol. The van der Waals surface area contributed by atoms with Crippen molar-refractivity contribution in [2.24, 2.45) is 5.92 Å². The predicted octanol–water partition coefficient (Wildman–Crippen LogP) is 3.58. The van der Waals surface area contributed by atoms with Crippen molar-refractivity contribution in [1.82, 2.24) is 19.2 Å². The van der Waals surface area contributed by atoms with Crippen LogP contribution in [0.3, 0.4) is 0 Å². The van der Waals surface area contributed by atoms with Crippen LogP contribution in [0.2, 0.25) is 0 Å². The van der Waals surface area contributed by atoms with Gasteiger partial charge in [0.1, 0.15) is 16.4 Å². The van der Waals surface area contributed by atoms with Crippen LogP contribution in [-0.2, 0) is 25.8 Å². The fourth-order valence-corrected chi connectivity index (χ4v) is 5.67. The highest BCUT2D eigenvalue weighted by molar-refractivity contribution is 7.89. The molecule has 0 bridgehead atoms. The summed E-state index contributed by atoms with van der Waals surface area (Å²) >= 11 is 0. The number of sulfonamides is 1. The van der Waals surface area contributed by atoms with Crippen LogP contribution in [0.15, 0.2) is 15.5 Å². The first kappa shape index (κ1) is 24.4. The third-order valence-electron chi connectivity index (χ3n) is 5.75. The number of carbonyl (C=O) groups excluding carboxylic acids is 1. The van der Waals surface area contributed by atoms with Gasteiger partial charge in [-0.15, -0.1) is 0 Å². The molecule has 32 heavy (non-hydrogen) atoms. The number of hydrogen-bond donors (Lipinski definition) is 1. The first-order valence-electron chi connectivity index (χ1n) is 11.0.